The first-order valence-corrected chi connectivity index (χ1v) is 3.87. The molecule has 2 unspecified atom stereocenters. The van der Waals surface area contributed by atoms with Crippen molar-refractivity contribution in [2.24, 2.45) is 11.7 Å². The van der Waals surface area contributed by atoms with Crippen molar-refractivity contribution in [1.29, 1.82) is 0 Å². The monoisotopic (exact) mass is 330 g/mol. The molecule has 0 spiro atoms. The van der Waals surface area contributed by atoms with Crippen LogP contribution in [-0.4, -0.2) is 12.2 Å². The van der Waals surface area contributed by atoms with Crippen LogP contribution in [0.3, 0.4) is 0 Å². The predicted molar refractivity (Wildman–Crippen MR) is 40.2 cm³/mol. The quantitative estimate of drug-likeness (QED) is 0.575. The summed E-state index contributed by atoms with van der Waals surface area (Å²) in [5.74, 6) is 0.0567. The van der Waals surface area contributed by atoms with Crippen molar-refractivity contribution >= 4 is 0 Å². The van der Waals surface area contributed by atoms with E-state index in [1.54, 1.807) is 6.92 Å². The van der Waals surface area contributed by atoms with Gasteiger partial charge in [-0.2, -0.15) is 12.8 Å². The zero-order valence-corrected chi connectivity index (χ0v) is 11.7. The van der Waals surface area contributed by atoms with Crippen LogP contribution in [0.25, 0.3) is 0 Å². The summed E-state index contributed by atoms with van der Waals surface area (Å²) in [7, 11) is 0. The first-order chi connectivity index (χ1) is 4.67. The van der Waals surface area contributed by atoms with E-state index in [4.69, 9.17) is 5.73 Å². The van der Waals surface area contributed by atoms with E-state index in [0.717, 1.165) is 12.8 Å². The first kappa shape index (κ1) is 15.8. The van der Waals surface area contributed by atoms with E-state index in [1.165, 1.54) is 0 Å². The second-order valence-corrected chi connectivity index (χ2v) is 3.27. The van der Waals surface area contributed by atoms with Gasteiger partial charge in [0.1, 0.15) is 5.67 Å². The molecule has 1 rings (SSSR count). The van der Waals surface area contributed by atoms with Crippen molar-refractivity contribution in [2.75, 3.05) is 6.54 Å². The molecule has 0 aliphatic heterocycles. The van der Waals surface area contributed by atoms with Crippen LogP contribution in [0.15, 0.2) is 0 Å². The number of hydrogen-bond acceptors (Lipinski definition) is 1. The maximum absolute atomic E-state index is 13.4. The van der Waals surface area contributed by atoms with E-state index >= 15 is 0 Å². The van der Waals surface area contributed by atoms with Crippen LogP contribution in [0.5, 0.6) is 0 Å². The molecule has 2 N–H and O–H groups in total. The van der Waals surface area contributed by atoms with Gasteiger partial charge in [-0.1, -0.05) is 0 Å². The predicted octanol–water partition coefficient (Wildman–Crippen LogP) is 1.67. The molecule has 2 atom stereocenters. The summed E-state index contributed by atoms with van der Waals surface area (Å²) in [6.45, 7) is 2.14. The Morgan fingerprint density at radius 1 is 1.58 bits per heavy atom. The van der Waals surface area contributed by atoms with Gasteiger partial charge < -0.3 is 12.2 Å². The molecule has 0 aromatic carbocycles. The van der Waals surface area contributed by atoms with E-state index < -0.39 is 5.67 Å². The van der Waals surface area contributed by atoms with Gasteiger partial charge in [0, 0.05) is 44.8 Å². The van der Waals surface area contributed by atoms with E-state index in [1.807, 2.05) is 0 Å². The fourth-order valence-electron chi connectivity index (χ4n) is 1.50. The van der Waals surface area contributed by atoms with Crippen molar-refractivity contribution in [2.45, 2.75) is 31.9 Å². The number of hydrogen-bond donors (Lipinski definition) is 1. The molecule has 0 saturated heterocycles. The zero-order valence-electron chi connectivity index (χ0n) is 7.33. The number of halogens is 1. The Bertz CT molecular complexity index is 120. The molecule has 2 radical (unpaired) electrons. The van der Waals surface area contributed by atoms with Gasteiger partial charge in [-0.3, -0.25) is 0 Å². The Morgan fingerprint density at radius 2 is 2.17 bits per heavy atom. The largest absolute Gasteiger partial charge is 0.330 e. The standard InChI is InChI=1S/C8H15FN.2Nb/c1-8(9)5-3-2-4-7(8)6-10;;/h2,7H,3-6,10H2,1H3;;/q-1;;. The van der Waals surface area contributed by atoms with Crippen molar-refractivity contribution in [3.05, 3.63) is 6.42 Å². The second-order valence-electron chi connectivity index (χ2n) is 3.27. The van der Waals surface area contributed by atoms with Crippen molar-refractivity contribution < 1.29 is 49.2 Å². The van der Waals surface area contributed by atoms with Gasteiger partial charge in [0.2, 0.25) is 0 Å². The molecule has 0 aromatic rings. The molecule has 1 fully saturated rings. The molecule has 4 heteroatoms. The summed E-state index contributed by atoms with van der Waals surface area (Å²) in [5.41, 5.74) is 4.41. The summed E-state index contributed by atoms with van der Waals surface area (Å²) in [6.07, 6.45) is 4.54. The Balaban J connectivity index is 0. The average Bonchev–Trinajstić information content (AvgIpc) is 1.87. The SMILES string of the molecule is CC1(F)CC[CH-]CC1CN.[Nb].[Nb]. The number of rotatable bonds is 1. The van der Waals surface area contributed by atoms with Crippen LogP contribution in [0.2, 0.25) is 0 Å². The maximum Gasteiger partial charge on any atom is 0.107 e. The zero-order chi connectivity index (χ0) is 7.61. The molecule has 70 valence electrons. The van der Waals surface area contributed by atoms with Crippen LogP contribution < -0.4 is 5.73 Å². The third-order valence-corrected chi connectivity index (χ3v) is 2.42. The molecule has 1 nitrogen and oxygen atoms in total. The van der Waals surface area contributed by atoms with Crippen molar-refractivity contribution in [3.8, 4) is 0 Å². The van der Waals surface area contributed by atoms with Gasteiger partial charge in [0.05, 0.1) is 0 Å². The average molecular weight is 330 g/mol. The summed E-state index contributed by atoms with van der Waals surface area (Å²) in [6, 6.07) is 0. The van der Waals surface area contributed by atoms with Gasteiger partial charge in [-0.05, 0) is 25.8 Å². The first-order valence-electron chi connectivity index (χ1n) is 3.87. The van der Waals surface area contributed by atoms with E-state index in [9.17, 15) is 4.39 Å². The second kappa shape index (κ2) is 6.77. The summed E-state index contributed by atoms with van der Waals surface area (Å²) >= 11 is 0. The minimum absolute atomic E-state index is 0. The molecule has 1 aliphatic carbocycles. The van der Waals surface area contributed by atoms with Crippen LogP contribution in [0.4, 0.5) is 4.39 Å². The molecule has 0 aromatic heterocycles. The Morgan fingerprint density at radius 3 is 2.50 bits per heavy atom. The van der Waals surface area contributed by atoms with Crippen molar-refractivity contribution in [3.63, 3.8) is 0 Å². The maximum atomic E-state index is 13.4. The minimum Gasteiger partial charge on any atom is -0.330 e. The van der Waals surface area contributed by atoms with Crippen LogP contribution in [0, 0.1) is 12.3 Å². The Hall–Kier alpha value is 1.37. The van der Waals surface area contributed by atoms with E-state index in [-0.39, 0.29) is 50.7 Å². The smallest absolute Gasteiger partial charge is 0.107 e. The molecule has 0 amide bonds. The summed E-state index contributed by atoms with van der Waals surface area (Å²) in [5, 5.41) is 0. The third kappa shape index (κ3) is 4.05. The Kier molecular flexibility index (Phi) is 8.93. The van der Waals surface area contributed by atoms with Gasteiger partial charge in [0.25, 0.3) is 0 Å². The van der Waals surface area contributed by atoms with Gasteiger partial charge >= 0.3 is 0 Å². The van der Waals surface area contributed by atoms with E-state index in [2.05, 4.69) is 6.42 Å². The molecule has 0 bridgehead atoms. The van der Waals surface area contributed by atoms with E-state index in [0.29, 0.717) is 13.0 Å². The fraction of sp³-hybridized carbons (Fsp3) is 0.875. The number of nitrogens with two attached hydrogens (primary N) is 1. The molecule has 12 heavy (non-hydrogen) atoms. The molecular weight excluding hydrogens is 315 g/mol. The molecular formula is C8H15FNNb2-. The van der Waals surface area contributed by atoms with Crippen LogP contribution in [-0.2, 0) is 44.8 Å². The van der Waals surface area contributed by atoms with Gasteiger partial charge in [-0.15, -0.1) is 0 Å². The molecule has 1 aliphatic rings. The summed E-state index contributed by atoms with van der Waals surface area (Å²) < 4.78 is 13.4. The summed E-state index contributed by atoms with van der Waals surface area (Å²) in [4.78, 5) is 0. The topological polar surface area (TPSA) is 26.0 Å². The third-order valence-electron chi connectivity index (χ3n) is 2.42. The molecule has 0 heterocycles. The Labute approximate surface area is 105 Å². The number of alkyl halides is 1. The van der Waals surface area contributed by atoms with Crippen LogP contribution >= 0.6 is 0 Å². The van der Waals surface area contributed by atoms with Gasteiger partial charge in [0.15, 0.2) is 0 Å². The normalized spacial score (nSPS) is 34.8. The molecule has 1 saturated carbocycles. The minimum atomic E-state index is -1.01. The van der Waals surface area contributed by atoms with Gasteiger partial charge in [-0.25, -0.2) is 4.39 Å². The van der Waals surface area contributed by atoms with Crippen molar-refractivity contribution in [1.82, 2.24) is 0 Å². The van der Waals surface area contributed by atoms with Crippen LogP contribution in [0.1, 0.15) is 26.2 Å². The fourth-order valence-corrected chi connectivity index (χ4v) is 1.50.